The Morgan fingerprint density at radius 2 is 2.30 bits per heavy atom. The molecule has 2 N–H and O–H groups in total. The van der Waals surface area contributed by atoms with Crippen LogP contribution in [0.1, 0.15) is 18.9 Å². The summed E-state index contributed by atoms with van der Waals surface area (Å²) in [6, 6.07) is 0.655. The van der Waals surface area contributed by atoms with Crippen LogP contribution in [-0.2, 0) is 0 Å². The van der Waals surface area contributed by atoms with Crippen molar-refractivity contribution < 1.29 is 0 Å². The number of nitrogens with two attached hydrogens (primary N) is 1. The first-order valence-corrected chi connectivity index (χ1v) is 3.16. The van der Waals surface area contributed by atoms with Crippen molar-refractivity contribution in [2.75, 3.05) is 5.73 Å². The number of nitrogen functional groups attached to an aromatic ring is 1. The summed E-state index contributed by atoms with van der Waals surface area (Å²) >= 11 is 0. The highest BCUT2D eigenvalue weighted by Crippen LogP contribution is 2.34. The number of hydrogen-bond acceptors (Lipinski definition) is 2. The molecule has 0 spiro atoms. The Kier molecular flexibility index (Phi) is 1.85. The summed E-state index contributed by atoms with van der Waals surface area (Å²) in [7, 11) is 0. The van der Waals surface area contributed by atoms with Crippen molar-refractivity contribution in [3.05, 3.63) is 12.4 Å². The Balaban J connectivity index is 0.000000500. The van der Waals surface area contributed by atoms with E-state index in [1.54, 1.807) is 6.20 Å². The molecule has 0 bridgehead atoms. The van der Waals surface area contributed by atoms with Crippen molar-refractivity contribution in [2.45, 2.75) is 18.9 Å². The number of aromatic nitrogens is 2. The van der Waals surface area contributed by atoms with Gasteiger partial charge in [0.2, 0.25) is 0 Å². The zero-order valence-electron chi connectivity index (χ0n) is 5.53. The lowest BCUT2D eigenvalue weighted by atomic mass is 10.6. The van der Waals surface area contributed by atoms with E-state index in [1.807, 2.05) is 10.9 Å². The highest BCUT2D eigenvalue weighted by atomic mass is 35.5. The molecular weight excluding hydrogens is 150 g/mol. The molecule has 1 fully saturated rings. The van der Waals surface area contributed by atoms with Gasteiger partial charge in [-0.25, -0.2) is 0 Å². The molecule has 1 heterocycles. The van der Waals surface area contributed by atoms with Crippen LogP contribution >= 0.6 is 12.4 Å². The third kappa shape index (κ3) is 1.24. The van der Waals surface area contributed by atoms with E-state index in [4.69, 9.17) is 5.73 Å². The lowest BCUT2D eigenvalue weighted by molar-refractivity contribution is 0.642. The Morgan fingerprint density at radius 1 is 1.60 bits per heavy atom. The van der Waals surface area contributed by atoms with Gasteiger partial charge in [-0.3, -0.25) is 4.68 Å². The average Bonchev–Trinajstić information content (AvgIpc) is 2.58. The summed E-state index contributed by atoms with van der Waals surface area (Å²) in [5.41, 5.74) is 6.23. The van der Waals surface area contributed by atoms with Crippen molar-refractivity contribution in [2.24, 2.45) is 0 Å². The second-order valence-corrected chi connectivity index (χ2v) is 2.48. The van der Waals surface area contributed by atoms with Gasteiger partial charge in [-0.15, -0.1) is 12.4 Å². The number of halogens is 1. The Bertz CT molecular complexity index is 217. The molecule has 0 unspecified atom stereocenters. The van der Waals surface area contributed by atoms with Crippen LogP contribution in [0.15, 0.2) is 12.4 Å². The topological polar surface area (TPSA) is 43.8 Å². The Labute approximate surface area is 65.6 Å². The van der Waals surface area contributed by atoms with E-state index in [0.717, 1.165) is 5.69 Å². The maximum Gasteiger partial charge on any atom is 0.0719 e. The van der Waals surface area contributed by atoms with E-state index in [1.165, 1.54) is 12.8 Å². The van der Waals surface area contributed by atoms with E-state index in [-0.39, 0.29) is 12.4 Å². The van der Waals surface area contributed by atoms with Crippen LogP contribution in [0.25, 0.3) is 0 Å². The van der Waals surface area contributed by atoms with Gasteiger partial charge in [0.05, 0.1) is 17.9 Å². The van der Waals surface area contributed by atoms with Gasteiger partial charge in [0.25, 0.3) is 0 Å². The van der Waals surface area contributed by atoms with E-state index in [0.29, 0.717) is 6.04 Å². The average molecular weight is 160 g/mol. The highest BCUT2D eigenvalue weighted by molar-refractivity contribution is 5.85. The third-order valence-corrected chi connectivity index (χ3v) is 1.54. The number of anilines is 1. The van der Waals surface area contributed by atoms with E-state index >= 15 is 0 Å². The second-order valence-electron chi connectivity index (χ2n) is 2.48. The molecular formula is C6H10ClN3. The van der Waals surface area contributed by atoms with Crippen LogP contribution in [0.5, 0.6) is 0 Å². The van der Waals surface area contributed by atoms with Crippen LogP contribution in [0.3, 0.4) is 0 Å². The fourth-order valence-corrected chi connectivity index (χ4v) is 0.891. The maximum atomic E-state index is 5.46. The summed E-state index contributed by atoms with van der Waals surface area (Å²) in [4.78, 5) is 0. The summed E-state index contributed by atoms with van der Waals surface area (Å²) < 4.78 is 1.94. The van der Waals surface area contributed by atoms with Gasteiger partial charge in [0.15, 0.2) is 0 Å². The number of rotatable bonds is 1. The monoisotopic (exact) mass is 159 g/mol. The van der Waals surface area contributed by atoms with E-state index in [9.17, 15) is 0 Å². The Morgan fingerprint density at radius 3 is 2.70 bits per heavy atom. The largest absolute Gasteiger partial charge is 0.396 e. The fraction of sp³-hybridized carbons (Fsp3) is 0.500. The summed E-state index contributed by atoms with van der Waals surface area (Å²) in [5, 5.41) is 4.07. The van der Waals surface area contributed by atoms with Crippen molar-refractivity contribution in [3.63, 3.8) is 0 Å². The number of hydrogen-bond donors (Lipinski definition) is 1. The zero-order chi connectivity index (χ0) is 6.27. The Hall–Kier alpha value is -0.700. The van der Waals surface area contributed by atoms with Crippen molar-refractivity contribution in [1.82, 2.24) is 9.78 Å². The van der Waals surface area contributed by atoms with Crippen LogP contribution in [0, 0.1) is 0 Å². The van der Waals surface area contributed by atoms with Crippen LogP contribution in [0.2, 0.25) is 0 Å². The summed E-state index contributed by atoms with van der Waals surface area (Å²) in [5.74, 6) is 0. The first-order valence-electron chi connectivity index (χ1n) is 3.16. The maximum absolute atomic E-state index is 5.46. The minimum Gasteiger partial charge on any atom is -0.396 e. The van der Waals surface area contributed by atoms with Gasteiger partial charge in [-0.2, -0.15) is 5.10 Å². The minimum absolute atomic E-state index is 0. The van der Waals surface area contributed by atoms with Crippen LogP contribution in [0.4, 0.5) is 5.69 Å². The predicted molar refractivity (Wildman–Crippen MR) is 42.2 cm³/mol. The molecule has 1 aromatic heterocycles. The molecule has 0 atom stereocenters. The molecule has 0 amide bonds. The molecule has 1 aliphatic rings. The smallest absolute Gasteiger partial charge is 0.0719 e. The quantitative estimate of drug-likeness (QED) is 0.670. The first-order chi connectivity index (χ1) is 4.36. The van der Waals surface area contributed by atoms with Gasteiger partial charge in [0, 0.05) is 6.20 Å². The standard InChI is InChI=1S/C6H9N3.ClH/c7-5-3-8-9(4-5)6-1-2-6;/h3-4,6H,1-2,7H2;1H. The predicted octanol–water partition coefficient (Wildman–Crippen LogP) is 1.22. The molecule has 0 saturated heterocycles. The highest BCUT2D eigenvalue weighted by Gasteiger charge is 2.23. The third-order valence-electron chi connectivity index (χ3n) is 1.54. The number of nitrogens with zero attached hydrogens (tertiary/aromatic N) is 2. The minimum atomic E-state index is 0. The fourth-order valence-electron chi connectivity index (χ4n) is 0.891. The summed E-state index contributed by atoms with van der Waals surface area (Å²) in [6.07, 6.45) is 6.11. The van der Waals surface area contributed by atoms with Crippen molar-refractivity contribution >= 4 is 18.1 Å². The molecule has 2 rings (SSSR count). The summed E-state index contributed by atoms with van der Waals surface area (Å²) in [6.45, 7) is 0. The first kappa shape index (κ1) is 7.41. The lowest BCUT2D eigenvalue weighted by Crippen LogP contribution is -1.92. The van der Waals surface area contributed by atoms with Gasteiger partial charge in [-0.1, -0.05) is 0 Å². The van der Waals surface area contributed by atoms with Gasteiger partial charge in [-0.05, 0) is 12.8 Å². The van der Waals surface area contributed by atoms with Gasteiger partial charge in [0.1, 0.15) is 0 Å². The van der Waals surface area contributed by atoms with E-state index < -0.39 is 0 Å². The molecule has 0 radical (unpaired) electrons. The molecule has 0 aliphatic heterocycles. The van der Waals surface area contributed by atoms with Gasteiger partial charge >= 0.3 is 0 Å². The molecule has 4 heteroatoms. The molecule has 3 nitrogen and oxygen atoms in total. The zero-order valence-corrected chi connectivity index (χ0v) is 6.34. The normalized spacial score (nSPS) is 16.4. The SMILES string of the molecule is Cl.Nc1cnn(C2CC2)c1. The van der Waals surface area contributed by atoms with Crippen LogP contribution in [-0.4, -0.2) is 9.78 Å². The second kappa shape index (κ2) is 2.50. The lowest BCUT2D eigenvalue weighted by Gasteiger charge is -1.91. The molecule has 1 aromatic rings. The molecule has 1 saturated carbocycles. The van der Waals surface area contributed by atoms with Crippen molar-refractivity contribution in [1.29, 1.82) is 0 Å². The van der Waals surface area contributed by atoms with Crippen LogP contribution < -0.4 is 5.73 Å². The van der Waals surface area contributed by atoms with Gasteiger partial charge < -0.3 is 5.73 Å². The molecule has 10 heavy (non-hydrogen) atoms. The van der Waals surface area contributed by atoms with Crippen molar-refractivity contribution in [3.8, 4) is 0 Å². The molecule has 1 aliphatic carbocycles. The molecule has 0 aromatic carbocycles. The molecule has 56 valence electrons. The van der Waals surface area contributed by atoms with E-state index in [2.05, 4.69) is 5.10 Å².